The maximum atomic E-state index is 10.7. The summed E-state index contributed by atoms with van der Waals surface area (Å²) in [5.41, 5.74) is 7.26. The van der Waals surface area contributed by atoms with E-state index in [-0.39, 0.29) is 12.1 Å². The van der Waals surface area contributed by atoms with Crippen LogP contribution in [0.3, 0.4) is 0 Å². The van der Waals surface area contributed by atoms with E-state index in [9.17, 15) is 4.79 Å². The average molecular weight is 178 g/mol. The van der Waals surface area contributed by atoms with Crippen molar-refractivity contribution in [3.63, 3.8) is 0 Å². The number of anilines is 1. The topological polar surface area (TPSA) is 64.3 Å². The minimum Gasteiger partial charge on any atom is -0.447 e. The third-order valence-corrected chi connectivity index (χ3v) is 2.01. The third kappa shape index (κ3) is 1.56. The molecule has 0 aliphatic carbocycles. The number of nitrogens with two attached hydrogens (primary N) is 1. The van der Waals surface area contributed by atoms with Gasteiger partial charge in [-0.25, -0.2) is 4.79 Å². The van der Waals surface area contributed by atoms with Gasteiger partial charge in [-0.15, -0.1) is 0 Å². The molecule has 0 saturated carbocycles. The fourth-order valence-electron chi connectivity index (χ4n) is 1.29. The molecule has 1 fully saturated rings. The summed E-state index contributed by atoms with van der Waals surface area (Å²) in [6.07, 6.45) is -0.359. The first-order valence-electron chi connectivity index (χ1n) is 4.04. The van der Waals surface area contributed by atoms with Crippen molar-refractivity contribution in [2.24, 2.45) is 0 Å². The number of cyclic esters (lactones) is 1. The molecule has 68 valence electrons. The molecular formula is C9H10N2O2. The zero-order valence-corrected chi connectivity index (χ0v) is 6.99. The van der Waals surface area contributed by atoms with Crippen LogP contribution in [0.25, 0.3) is 0 Å². The quantitative estimate of drug-likeness (QED) is 0.632. The van der Waals surface area contributed by atoms with Gasteiger partial charge in [-0.2, -0.15) is 0 Å². The molecule has 0 radical (unpaired) electrons. The van der Waals surface area contributed by atoms with Gasteiger partial charge in [0.1, 0.15) is 6.61 Å². The van der Waals surface area contributed by atoms with Crippen LogP contribution in [0, 0.1) is 0 Å². The zero-order valence-electron chi connectivity index (χ0n) is 6.99. The lowest BCUT2D eigenvalue weighted by Crippen LogP contribution is -2.18. The van der Waals surface area contributed by atoms with Gasteiger partial charge in [0.15, 0.2) is 0 Å². The molecule has 4 heteroatoms. The van der Waals surface area contributed by atoms with Crippen molar-refractivity contribution in [2.75, 3.05) is 12.3 Å². The average Bonchev–Trinajstić information content (AvgIpc) is 2.53. The number of carbonyl (C=O) groups excluding carboxylic acids is 1. The smallest absolute Gasteiger partial charge is 0.407 e. The minimum atomic E-state index is -0.359. The Balaban J connectivity index is 2.17. The molecule has 1 aromatic rings. The van der Waals surface area contributed by atoms with E-state index in [1.54, 1.807) is 12.1 Å². The Hall–Kier alpha value is -1.71. The van der Waals surface area contributed by atoms with E-state index >= 15 is 0 Å². The summed E-state index contributed by atoms with van der Waals surface area (Å²) in [6.45, 7) is 0.392. The first-order valence-corrected chi connectivity index (χ1v) is 4.04. The van der Waals surface area contributed by atoms with Crippen LogP contribution in [-0.2, 0) is 4.74 Å². The lowest BCUT2D eigenvalue weighted by Gasteiger charge is -2.06. The molecule has 0 spiro atoms. The van der Waals surface area contributed by atoms with Crippen molar-refractivity contribution in [3.05, 3.63) is 29.8 Å². The Bertz CT molecular complexity index is 321. The van der Waals surface area contributed by atoms with E-state index in [2.05, 4.69) is 5.32 Å². The highest BCUT2D eigenvalue weighted by Crippen LogP contribution is 2.18. The summed E-state index contributed by atoms with van der Waals surface area (Å²) < 4.78 is 4.77. The van der Waals surface area contributed by atoms with Crippen molar-refractivity contribution in [2.45, 2.75) is 6.04 Å². The van der Waals surface area contributed by atoms with Gasteiger partial charge in [0.25, 0.3) is 0 Å². The second-order valence-corrected chi connectivity index (χ2v) is 2.96. The number of nitrogens with one attached hydrogen (secondary N) is 1. The highest BCUT2D eigenvalue weighted by Gasteiger charge is 2.23. The molecule has 13 heavy (non-hydrogen) atoms. The van der Waals surface area contributed by atoms with Crippen LogP contribution in [-0.4, -0.2) is 12.7 Å². The summed E-state index contributed by atoms with van der Waals surface area (Å²) in [5.74, 6) is 0. The molecule has 1 heterocycles. The second-order valence-electron chi connectivity index (χ2n) is 2.96. The van der Waals surface area contributed by atoms with Crippen LogP contribution < -0.4 is 11.1 Å². The first-order chi connectivity index (χ1) is 6.25. The highest BCUT2D eigenvalue weighted by atomic mass is 16.6. The van der Waals surface area contributed by atoms with Gasteiger partial charge in [-0.05, 0) is 17.7 Å². The van der Waals surface area contributed by atoms with E-state index in [1.807, 2.05) is 12.1 Å². The molecule has 0 bridgehead atoms. The summed E-state index contributed by atoms with van der Waals surface area (Å²) in [7, 11) is 0. The molecule has 1 aliphatic heterocycles. The van der Waals surface area contributed by atoms with Crippen LogP contribution in [0.5, 0.6) is 0 Å². The Kier molecular flexibility index (Phi) is 1.81. The van der Waals surface area contributed by atoms with Crippen LogP contribution >= 0.6 is 0 Å². The number of benzene rings is 1. The van der Waals surface area contributed by atoms with Gasteiger partial charge in [-0.3, -0.25) is 0 Å². The number of ether oxygens (including phenoxy) is 1. The predicted molar refractivity (Wildman–Crippen MR) is 48.1 cm³/mol. The van der Waals surface area contributed by atoms with E-state index in [0.717, 1.165) is 5.56 Å². The second kappa shape index (κ2) is 2.97. The third-order valence-electron chi connectivity index (χ3n) is 2.01. The van der Waals surface area contributed by atoms with Gasteiger partial charge in [0.05, 0.1) is 6.04 Å². The van der Waals surface area contributed by atoms with Gasteiger partial charge in [0, 0.05) is 5.69 Å². The first kappa shape index (κ1) is 7.91. The Labute approximate surface area is 75.7 Å². The van der Waals surface area contributed by atoms with Crippen LogP contribution in [0.1, 0.15) is 11.6 Å². The standard InChI is InChI=1S/C9H10N2O2/c10-7-3-1-6(2-4-7)8-5-13-9(12)11-8/h1-4,8H,5,10H2,(H,11,12)/t8-/m0/s1. The van der Waals surface area contributed by atoms with Crippen molar-refractivity contribution in [1.29, 1.82) is 0 Å². The minimum absolute atomic E-state index is 0.0342. The van der Waals surface area contributed by atoms with Crippen molar-refractivity contribution >= 4 is 11.8 Å². The van der Waals surface area contributed by atoms with Gasteiger partial charge in [-0.1, -0.05) is 12.1 Å². The number of hydrogen-bond acceptors (Lipinski definition) is 3. The molecule has 2 rings (SSSR count). The Morgan fingerprint density at radius 1 is 1.38 bits per heavy atom. The molecule has 0 unspecified atom stereocenters. The summed E-state index contributed by atoms with van der Waals surface area (Å²) in [5, 5.41) is 2.69. The largest absolute Gasteiger partial charge is 0.447 e. The predicted octanol–water partition coefficient (Wildman–Crippen LogP) is 1.05. The van der Waals surface area contributed by atoms with Crippen molar-refractivity contribution in [3.8, 4) is 0 Å². The van der Waals surface area contributed by atoms with Gasteiger partial charge in [0.2, 0.25) is 0 Å². The zero-order chi connectivity index (χ0) is 9.26. The van der Waals surface area contributed by atoms with Crippen molar-refractivity contribution < 1.29 is 9.53 Å². The summed E-state index contributed by atoms with van der Waals surface area (Å²) in [4.78, 5) is 10.7. The molecule has 1 aromatic carbocycles. The maximum Gasteiger partial charge on any atom is 0.407 e. The van der Waals surface area contributed by atoms with E-state index in [1.165, 1.54) is 0 Å². The number of hydrogen-bond donors (Lipinski definition) is 2. The number of amides is 1. The lowest BCUT2D eigenvalue weighted by atomic mass is 10.1. The highest BCUT2D eigenvalue weighted by molar-refractivity contribution is 5.70. The number of alkyl carbamates (subject to hydrolysis) is 1. The molecule has 0 aromatic heterocycles. The number of rotatable bonds is 1. The molecule has 3 N–H and O–H groups in total. The fourth-order valence-corrected chi connectivity index (χ4v) is 1.29. The van der Waals surface area contributed by atoms with E-state index in [0.29, 0.717) is 12.3 Å². The van der Waals surface area contributed by atoms with Gasteiger partial charge < -0.3 is 15.8 Å². The van der Waals surface area contributed by atoms with Crippen LogP contribution in [0.2, 0.25) is 0 Å². The molecular weight excluding hydrogens is 168 g/mol. The summed E-state index contributed by atoms with van der Waals surface area (Å²) in [6, 6.07) is 7.34. The number of carbonyl (C=O) groups is 1. The Morgan fingerprint density at radius 3 is 2.62 bits per heavy atom. The van der Waals surface area contributed by atoms with Gasteiger partial charge >= 0.3 is 6.09 Å². The normalized spacial score (nSPS) is 20.9. The summed E-state index contributed by atoms with van der Waals surface area (Å²) >= 11 is 0. The SMILES string of the molecule is Nc1ccc([C@@H]2COC(=O)N2)cc1. The Morgan fingerprint density at radius 2 is 2.08 bits per heavy atom. The maximum absolute atomic E-state index is 10.7. The molecule has 1 saturated heterocycles. The monoisotopic (exact) mass is 178 g/mol. The van der Waals surface area contributed by atoms with Crippen LogP contribution in [0.4, 0.5) is 10.5 Å². The van der Waals surface area contributed by atoms with Crippen molar-refractivity contribution in [1.82, 2.24) is 5.32 Å². The number of nitrogen functional groups attached to an aromatic ring is 1. The molecule has 4 nitrogen and oxygen atoms in total. The van der Waals surface area contributed by atoms with Crippen LogP contribution in [0.15, 0.2) is 24.3 Å². The lowest BCUT2D eigenvalue weighted by molar-refractivity contribution is 0.177. The molecule has 1 atom stereocenters. The van der Waals surface area contributed by atoms with E-state index < -0.39 is 0 Å². The molecule has 1 aliphatic rings. The molecule has 1 amide bonds. The van der Waals surface area contributed by atoms with E-state index in [4.69, 9.17) is 10.5 Å². The fraction of sp³-hybridized carbons (Fsp3) is 0.222.